The SMILES string of the molecule is Nc1c(Br)c(Br)c(Br)c(Br)c1Oc1c(Br)c(Br)c(Br)c(Br)c1Br. The van der Waals surface area contributed by atoms with E-state index in [1.807, 2.05) is 0 Å². The fraction of sp³-hybridized carbons (Fsp3) is 0. The van der Waals surface area contributed by atoms with Crippen molar-refractivity contribution in [1.82, 2.24) is 0 Å². The van der Waals surface area contributed by atoms with Crippen molar-refractivity contribution in [3.05, 3.63) is 40.3 Å². The minimum absolute atomic E-state index is 0.459. The average Bonchev–Trinajstić information content (AvgIpc) is 2.54. The maximum absolute atomic E-state index is 6.19. The second kappa shape index (κ2) is 8.58. The zero-order valence-corrected chi connectivity index (χ0v) is 24.7. The van der Waals surface area contributed by atoms with Crippen LogP contribution in [0.2, 0.25) is 0 Å². The lowest BCUT2D eigenvalue weighted by molar-refractivity contribution is 0.474. The Bertz CT molecular complexity index is 696. The van der Waals surface area contributed by atoms with Crippen molar-refractivity contribution in [3.63, 3.8) is 0 Å². The van der Waals surface area contributed by atoms with Gasteiger partial charge in [-0.15, -0.1) is 0 Å². The number of anilines is 1. The summed E-state index contributed by atoms with van der Waals surface area (Å²) in [5.41, 5.74) is 6.65. The number of nitrogen functional groups attached to an aromatic ring is 1. The lowest BCUT2D eigenvalue weighted by Gasteiger charge is -2.18. The van der Waals surface area contributed by atoms with E-state index in [0.29, 0.717) is 26.1 Å². The van der Waals surface area contributed by atoms with Crippen LogP contribution in [0.1, 0.15) is 0 Å². The first-order valence-electron chi connectivity index (χ1n) is 5.40. The van der Waals surface area contributed by atoms with Crippen LogP contribution < -0.4 is 10.5 Å². The van der Waals surface area contributed by atoms with Crippen molar-refractivity contribution in [2.24, 2.45) is 0 Å². The van der Waals surface area contributed by atoms with Gasteiger partial charge in [0, 0.05) is 8.95 Å². The summed E-state index contributed by atoms with van der Waals surface area (Å²) >= 11 is 31.5. The largest absolute Gasteiger partial charge is 0.451 e. The van der Waals surface area contributed by atoms with E-state index in [0.717, 1.165) is 31.3 Å². The first-order chi connectivity index (χ1) is 10.6. The molecule has 23 heavy (non-hydrogen) atoms. The van der Waals surface area contributed by atoms with E-state index < -0.39 is 0 Å². The smallest absolute Gasteiger partial charge is 0.166 e. The Labute approximate surface area is 208 Å². The highest BCUT2D eigenvalue weighted by Crippen LogP contribution is 2.54. The minimum atomic E-state index is 0.459. The van der Waals surface area contributed by atoms with E-state index in [1.54, 1.807) is 0 Å². The van der Waals surface area contributed by atoms with E-state index >= 15 is 0 Å². The molecule has 0 amide bonds. The first kappa shape index (κ1) is 21.7. The molecule has 0 aliphatic heterocycles. The monoisotopic (exact) mass is 886 g/mol. The molecule has 0 aliphatic rings. The number of benzene rings is 2. The van der Waals surface area contributed by atoms with Gasteiger partial charge in [0.05, 0.1) is 37.0 Å². The van der Waals surface area contributed by atoms with E-state index in [4.69, 9.17) is 10.5 Å². The van der Waals surface area contributed by atoms with Crippen LogP contribution in [0.4, 0.5) is 5.69 Å². The fourth-order valence-corrected chi connectivity index (χ4v) is 6.87. The molecular formula is C12H2Br9NO. The second-order valence-electron chi connectivity index (χ2n) is 4.00. The lowest BCUT2D eigenvalue weighted by Crippen LogP contribution is -1.98. The summed E-state index contributed by atoms with van der Waals surface area (Å²) in [6.07, 6.45) is 0. The van der Waals surface area contributed by atoms with Gasteiger partial charge in [0.25, 0.3) is 0 Å². The zero-order chi connectivity index (χ0) is 17.6. The number of rotatable bonds is 2. The third kappa shape index (κ3) is 4.12. The van der Waals surface area contributed by atoms with Gasteiger partial charge in [0.2, 0.25) is 0 Å². The number of ether oxygens (including phenoxy) is 1. The standard InChI is InChI=1S/C12H2Br9NO/c13-1-3(15)7(19)11(8(20)4(1)16)23-12-9(21)5(17)2(14)6(18)10(12)22/h22H2. The number of hydrogen-bond donors (Lipinski definition) is 1. The van der Waals surface area contributed by atoms with Gasteiger partial charge in [-0.3, -0.25) is 0 Å². The van der Waals surface area contributed by atoms with E-state index in [-0.39, 0.29) is 0 Å². The molecule has 0 aromatic heterocycles. The van der Waals surface area contributed by atoms with Crippen LogP contribution in [-0.4, -0.2) is 0 Å². The Morgan fingerprint density at radius 1 is 0.435 bits per heavy atom. The molecule has 2 rings (SSSR count). The van der Waals surface area contributed by atoms with Gasteiger partial charge < -0.3 is 10.5 Å². The number of nitrogens with two attached hydrogens (primary N) is 1. The van der Waals surface area contributed by atoms with Crippen LogP contribution in [0, 0.1) is 0 Å². The molecule has 2 aromatic carbocycles. The molecular weight excluding hydrogens is 893 g/mol. The molecule has 2 aromatic rings. The lowest BCUT2D eigenvalue weighted by atomic mass is 10.3. The predicted octanol–water partition coefficient (Wildman–Crippen LogP) is 9.92. The van der Waals surface area contributed by atoms with Crippen LogP contribution in [0.3, 0.4) is 0 Å². The molecule has 0 aliphatic carbocycles. The topological polar surface area (TPSA) is 35.2 Å². The molecule has 2 N–H and O–H groups in total. The highest BCUT2D eigenvalue weighted by atomic mass is 79.9. The summed E-state index contributed by atoms with van der Waals surface area (Å²) in [7, 11) is 0. The van der Waals surface area contributed by atoms with Gasteiger partial charge in [0.1, 0.15) is 0 Å². The van der Waals surface area contributed by atoms with E-state index in [1.165, 1.54) is 0 Å². The Balaban J connectivity index is 2.71. The van der Waals surface area contributed by atoms with Crippen LogP contribution >= 0.6 is 143 Å². The Kier molecular flexibility index (Phi) is 8.08. The highest BCUT2D eigenvalue weighted by Gasteiger charge is 2.24. The molecule has 11 heteroatoms. The molecule has 0 saturated heterocycles. The van der Waals surface area contributed by atoms with Gasteiger partial charge in [-0.25, -0.2) is 0 Å². The van der Waals surface area contributed by atoms with Gasteiger partial charge in [-0.05, 0) is 143 Å². The van der Waals surface area contributed by atoms with Gasteiger partial charge in [-0.1, -0.05) is 0 Å². The molecule has 124 valence electrons. The molecule has 0 fully saturated rings. The maximum atomic E-state index is 6.19. The van der Waals surface area contributed by atoms with Crippen molar-refractivity contribution in [2.75, 3.05) is 5.73 Å². The molecule has 0 atom stereocenters. The molecule has 0 saturated carbocycles. The highest BCUT2D eigenvalue weighted by molar-refractivity contribution is 9.16. The fourth-order valence-electron chi connectivity index (χ4n) is 1.50. The molecule has 0 unspecified atom stereocenters. The number of halogens is 9. The minimum Gasteiger partial charge on any atom is -0.451 e. The van der Waals surface area contributed by atoms with Gasteiger partial charge in [-0.2, -0.15) is 0 Å². The van der Waals surface area contributed by atoms with E-state index in [2.05, 4.69) is 143 Å². The second-order valence-corrected chi connectivity index (χ2v) is 11.1. The molecule has 0 radical (unpaired) electrons. The molecule has 2 nitrogen and oxygen atoms in total. The normalized spacial score (nSPS) is 11.0. The summed E-state index contributed by atoms with van der Waals surface area (Å²) in [6, 6.07) is 0. The Morgan fingerprint density at radius 3 is 1.17 bits per heavy atom. The predicted molar refractivity (Wildman–Crippen MR) is 127 cm³/mol. The maximum Gasteiger partial charge on any atom is 0.166 e. The summed E-state index contributed by atoms with van der Waals surface area (Å²) in [5, 5.41) is 0. The first-order valence-corrected chi connectivity index (χ1v) is 12.5. The molecule has 0 bridgehead atoms. The summed E-state index contributed by atoms with van der Waals surface area (Å²) in [5.74, 6) is 1.05. The van der Waals surface area contributed by atoms with Crippen LogP contribution in [0.15, 0.2) is 40.3 Å². The summed E-state index contributed by atoms with van der Waals surface area (Å²) in [6.45, 7) is 0. The third-order valence-corrected chi connectivity index (χ3v) is 13.4. The number of hydrogen-bond acceptors (Lipinski definition) is 2. The van der Waals surface area contributed by atoms with E-state index in [9.17, 15) is 0 Å². The molecule has 0 spiro atoms. The van der Waals surface area contributed by atoms with Crippen molar-refractivity contribution in [1.29, 1.82) is 0 Å². The van der Waals surface area contributed by atoms with Crippen molar-refractivity contribution in [2.45, 2.75) is 0 Å². The quantitative estimate of drug-likeness (QED) is 0.185. The Hall–Kier alpha value is 2.36. The van der Waals surface area contributed by atoms with Crippen LogP contribution in [-0.2, 0) is 0 Å². The third-order valence-electron chi connectivity index (χ3n) is 2.63. The summed E-state index contributed by atoms with van der Waals surface area (Å²) in [4.78, 5) is 0. The van der Waals surface area contributed by atoms with Crippen molar-refractivity contribution >= 4 is 149 Å². The average molecular weight is 895 g/mol. The molecule has 0 heterocycles. The zero-order valence-electron chi connectivity index (χ0n) is 10.4. The summed E-state index contributed by atoms with van der Waals surface area (Å²) < 4.78 is 13.0. The van der Waals surface area contributed by atoms with Crippen molar-refractivity contribution < 1.29 is 4.74 Å². The van der Waals surface area contributed by atoms with Gasteiger partial charge >= 0.3 is 0 Å². The van der Waals surface area contributed by atoms with Crippen LogP contribution in [0.5, 0.6) is 11.5 Å². The van der Waals surface area contributed by atoms with Gasteiger partial charge in [0.15, 0.2) is 11.5 Å². The van der Waals surface area contributed by atoms with Crippen LogP contribution in [0.25, 0.3) is 0 Å². The Morgan fingerprint density at radius 2 is 0.739 bits per heavy atom. The van der Waals surface area contributed by atoms with Crippen molar-refractivity contribution in [3.8, 4) is 11.5 Å².